The number of hydrogen-bond donors (Lipinski definition) is 4. The van der Waals surface area contributed by atoms with Crippen molar-refractivity contribution >= 4 is 28.5 Å². The van der Waals surface area contributed by atoms with E-state index in [4.69, 9.17) is 10.8 Å². The average molecular weight is 458 g/mol. The molecule has 0 amide bonds. The Kier molecular flexibility index (Phi) is 6.01. The van der Waals surface area contributed by atoms with Gasteiger partial charge in [0.25, 0.3) is 0 Å². The minimum Gasteiger partial charge on any atom is -0.395 e. The molecule has 4 heterocycles. The Morgan fingerprint density at radius 3 is 2.73 bits per heavy atom. The zero-order chi connectivity index (χ0) is 23.6. The van der Waals surface area contributed by atoms with Crippen LogP contribution in [-0.2, 0) is 12.7 Å². The summed E-state index contributed by atoms with van der Waals surface area (Å²) in [6.45, 7) is -0.0781. The lowest BCUT2D eigenvalue weighted by atomic mass is 10.1. The second kappa shape index (κ2) is 8.90. The highest BCUT2D eigenvalue weighted by atomic mass is 19.4. The molecule has 0 aromatic carbocycles. The number of likely N-dealkylation sites (N-methyl/N-ethyl adjacent to an activating group) is 1. The van der Waals surface area contributed by atoms with E-state index < -0.39 is 11.7 Å². The normalized spacial score (nSPS) is 11.7. The van der Waals surface area contributed by atoms with Gasteiger partial charge in [-0.1, -0.05) is 0 Å². The Bertz CT molecular complexity index is 1270. The van der Waals surface area contributed by atoms with Crippen LogP contribution in [0.2, 0.25) is 0 Å². The molecule has 0 fully saturated rings. The molecular formula is C21H21F3N8O. The number of hydrogen-bond acceptors (Lipinski definition) is 8. The van der Waals surface area contributed by atoms with Crippen LogP contribution in [0.15, 0.2) is 43.0 Å². The van der Waals surface area contributed by atoms with Gasteiger partial charge in [0.05, 0.1) is 29.8 Å². The second-order valence-electron chi connectivity index (χ2n) is 7.32. The summed E-state index contributed by atoms with van der Waals surface area (Å²) in [5.74, 6) is 0.884. The van der Waals surface area contributed by atoms with Gasteiger partial charge < -0.3 is 26.0 Å². The van der Waals surface area contributed by atoms with Crippen LogP contribution in [0.5, 0.6) is 0 Å². The first kappa shape index (κ1) is 22.3. The van der Waals surface area contributed by atoms with Crippen LogP contribution in [0.1, 0.15) is 11.3 Å². The molecule has 9 nitrogen and oxygen atoms in total. The van der Waals surface area contributed by atoms with Gasteiger partial charge in [0, 0.05) is 31.5 Å². The lowest BCUT2D eigenvalue weighted by Gasteiger charge is -2.20. The number of anilines is 3. The quantitative estimate of drug-likeness (QED) is 0.333. The predicted molar refractivity (Wildman–Crippen MR) is 118 cm³/mol. The van der Waals surface area contributed by atoms with Gasteiger partial charge in [0.15, 0.2) is 0 Å². The average Bonchev–Trinajstić information content (AvgIpc) is 3.22. The Morgan fingerprint density at radius 1 is 1.18 bits per heavy atom. The van der Waals surface area contributed by atoms with Crippen molar-refractivity contribution in [3.05, 3.63) is 54.2 Å². The summed E-state index contributed by atoms with van der Waals surface area (Å²) in [6.07, 6.45) is 0.150. The van der Waals surface area contributed by atoms with Crippen LogP contribution in [0.25, 0.3) is 22.2 Å². The number of nitrogens with zero attached hydrogens (tertiary/aromatic N) is 5. The number of rotatable bonds is 7. The van der Waals surface area contributed by atoms with Gasteiger partial charge in [-0.3, -0.25) is 0 Å². The van der Waals surface area contributed by atoms with Gasteiger partial charge in [-0.25, -0.2) is 19.9 Å². The summed E-state index contributed by atoms with van der Waals surface area (Å²) in [5, 5.41) is 12.9. The zero-order valence-corrected chi connectivity index (χ0v) is 17.6. The molecule has 4 aromatic rings. The molecule has 0 atom stereocenters. The zero-order valence-electron chi connectivity index (χ0n) is 17.6. The number of aliphatic hydroxyl groups is 1. The van der Waals surface area contributed by atoms with Crippen molar-refractivity contribution in [2.75, 3.05) is 36.1 Å². The molecule has 0 unspecified atom stereocenters. The number of halogens is 3. The molecule has 0 bridgehead atoms. The molecule has 0 spiro atoms. The fraction of sp³-hybridized carbons (Fsp3) is 0.238. The van der Waals surface area contributed by atoms with Crippen LogP contribution in [-0.4, -0.2) is 50.2 Å². The maximum atomic E-state index is 13.4. The highest BCUT2D eigenvalue weighted by Crippen LogP contribution is 2.34. The Balaban J connectivity index is 1.69. The molecule has 0 saturated heterocycles. The molecule has 0 aliphatic carbocycles. The standard InChI is InChI=1S/C21H21F3N8O/c1-32(4-5-33)17-8-13(21(22,23)24)7-14(31-17)9-27-19-18-15(10-28-20(18)30-11-29-19)12-2-3-26-16(25)6-12/h2-3,6-8,10-11,33H,4-5,9H2,1H3,(H2,25,26)(H2,27,28,29,30). The number of nitrogens with one attached hydrogen (secondary N) is 2. The maximum absolute atomic E-state index is 13.4. The van der Waals surface area contributed by atoms with E-state index >= 15 is 0 Å². The number of H-pyrrole nitrogens is 1. The summed E-state index contributed by atoms with van der Waals surface area (Å²) in [5.41, 5.74) is 7.26. The SMILES string of the molecule is CN(CCO)c1cc(C(F)(F)F)cc(CNc2ncnc3[nH]cc(-c4ccnc(N)c4)c23)n1. The summed E-state index contributed by atoms with van der Waals surface area (Å²) >= 11 is 0. The molecule has 4 rings (SSSR count). The summed E-state index contributed by atoms with van der Waals surface area (Å²) < 4.78 is 40.3. The smallest absolute Gasteiger partial charge is 0.395 e. The van der Waals surface area contributed by atoms with E-state index in [1.165, 1.54) is 11.2 Å². The highest BCUT2D eigenvalue weighted by molar-refractivity contribution is 6.01. The van der Waals surface area contributed by atoms with Crippen molar-refractivity contribution in [3.8, 4) is 11.1 Å². The van der Waals surface area contributed by atoms with Crippen LogP contribution in [0, 0.1) is 0 Å². The number of pyridine rings is 2. The summed E-state index contributed by atoms with van der Waals surface area (Å²) in [4.78, 5) is 21.3. The third-order valence-corrected chi connectivity index (χ3v) is 5.02. The number of nitrogens with two attached hydrogens (primary N) is 1. The number of alkyl halides is 3. The molecule has 33 heavy (non-hydrogen) atoms. The highest BCUT2D eigenvalue weighted by Gasteiger charge is 2.32. The second-order valence-corrected chi connectivity index (χ2v) is 7.32. The van der Waals surface area contributed by atoms with E-state index in [0.717, 1.165) is 23.3 Å². The van der Waals surface area contributed by atoms with E-state index in [2.05, 4.69) is 30.2 Å². The van der Waals surface area contributed by atoms with Crippen LogP contribution >= 0.6 is 0 Å². The monoisotopic (exact) mass is 458 g/mol. The van der Waals surface area contributed by atoms with E-state index in [-0.39, 0.29) is 31.2 Å². The molecular weight excluding hydrogens is 437 g/mol. The lowest BCUT2D eigenvalue weighted by Crippen LogP contribution is -2.23. The van der Waals surface area contributed by atoms with Crippen molar-refractivity contribution in [1.29, 1.82) is 0 Å². The molecule has 12 heteroatoms. The first-order chi connectivity index (χ1) is 15.8. The third kappa shape index (κ3) is 4.80. The minimum absolute atomic E-state index is 0.0148. The third-order valence-electron chi connectivity index (χ3n) is 5.02. The lowest BCUT2D eigenvalue weighted by molar-refractivity contribution is -0.137. The van der Waals surface area contributed by atoms with Crippen LogP contribution in [0.4, 0.5) is 30.6 Å². The van der Waals surface area contributed by atoms with Crippen LogP contribution < -0.4 is 16.0 Å². The minimum atomic E-state index is -4.54. The summed E-state index contributed by atoms with van der Waals surface area (Å²) in [6, 6.07) is 5.44. The van der Waals surface area contributed by atoms with Gasteiger partial charge in [-0.15, -0.1) is 0 Å². The first-order valence-electron chi connectivity index (χ1n) is 9.94. The van der Waals surface area contributed by atoms with Crippen molar-refractivity contribution in [2.45, 2.75) is 12.7 Å². The fourth-order valence-corrected chi connectivity index (χ4v) is 3.40. The number of aromatic nitrogens is 5. The largest absolute Gasteiger partial charge is 0.416 e. The number of nitrogen functional groups attached to an aromatic ring is 1. The molecule has 0 aliphatic rings. The topological polar surface area (TPSA) is 129 Å². The molecule has 0 aliphatic heterocycles. The van der Waals surface area contributed by atoms with Crippen molar-refractivity contribution in [2.24, 2.45) is 0 Å². The number of fused-ring (bicyclic) bond motifs is 1. The van der Waals surface area contributed by atoms with Gasteiger partial charge in [-0.05, 0) is 29.8 Å². The molecule has 0 saturated carbocycles. The van der Waals surface area contributed by atoms with Gasteiger partial charge >= 0.3 is 6.18 Å². The molecule has 172 valence electrons. The molecule has 5 N–H and O–H groups in total. The van der Waals surface area contributed by atoms with Gasteiger partial charge in [-0.2, -0.15) is 13.2 Å². The Labute approximate surface area is 186 Å². The van der Waals surface area contributed by atoms with E-state index in [1.807, 2.05) is 0 Å². The van der Waals surface area contributed by atoms with E-state index in [9.17, 15) is 13.2 Å². The predicted octanol–water partition coefficient (Wildman–Crippen LogP) is 3.06. The molecule has 4 aromatic heterocycles. The summed E-state index contributed by atoms with van der Waals surface area (Å²) in [7, 11) is 1.57. The number of aliphatic hydroxyl groups excluding tert-OH is 1. The fourth-order valence-electron chi connectivity index (χ4n) is 3.40. The Hall–Kier alpha value is -3.93. The maximum Gasteiger partial charge on any atom is 0.416 e. The van der Waals surface area contributed by atoms with E-state index in [0.29, 0.717) is 22.7 Å². The van der Waals surface area contributed by atoms with Crippen molar-refractivity contribution < 1.29 is 18.3 Å². The first-order valence-corrected chi connectivity index (χ1v) is 9.94. The molecule has 0 radical (unpaired) electrons. The van der Waals surface area contributed by atoms with Crippen molar-refractivity contribution in [3.63, 3.8) is 0 Å². The number of aromatic amines is 1. The van der Waals surface area contributed by atoms with Gasteiger partial charge in [0.2, 0.25) is 0 Å². The van der Waals surface area contributed by atoms with Crippen LogP contribution in [0.3, 0.4) is 0 Å². The Morgan fingerprint density at radius 2 is 2.00 bits per heavy atom. The van der Waals surface area contributed by atoms with Crippen molar-refractivity contribution in [1.82, 2.24) is 24.9 Å². The van der Waals surface area contributed by atoms with Gasteiger partial charge in [0.1, 0.15) is 29.4 Å². The van der Waals surface area contributed by atoms with E-state index in [1.54, 1.807) is 31.6 Å².